The number of phenolic OH excluding ortho intramolecular Hbond substituents is 1. The number of benzene rings is 4. The van der Waals surface area contributed by atoms with E-state index in [9.17, 15) is 50.2 Å². The lowest BCUT2D eigenvalue weighted by Gasteiger charge is -2.43. The van der Waals surface area contributed by atoms with E-state index < -0.39 is 179 Å². The van der Waals surface area contributed by atoms with E-state index in [0.29, 0.717) is 17.0 Å². The zero-order valence-electron chi connectivity index (χ0n) is 62.8. The molecule has 544 valence electrons. The van der Waals surface area contributed by atoms with E-state index in [0.717, 1.165) is 65.9 Å². The van der Waals surface area contributed by atoms with Gasteiger partial charge in [-0.15, -0.1) is 0 Å². The van der Waals surface area contributed by atoms with Crippen LogP contribution in [0.5, 0.6) is 11.5 Å². The molecule has 25 nitrogen and oxygen atoms in total. The summed E-state index contributed by atoms with van der Waals surface area (Å²) in [6, 6.07) is 2.08. The van der Waals surface area contributed by atoms with Crippen LogP contribution in [0.25, 0.3) is 22.3 Å². The van der Waals surface area contributed by atoms with E-state index in [1.165, 1.54) is 53.7 Å². The summed E-state index contributed by atoms with van der Waals surface area (Å²) in [7, 11) is 0. The minimum Gasteiger partial charge on any atom is -0.508 e. The molecule has 99 heavy (non-hydrogen) atoms. The highest BCUT2D eigenvalue weighted by Gasteiger charge is 2.62. The molecule has 7 rings (SSSR count). The van der Waals surface area contributed by atoms with Crippen molar-refractivity contribution in [2.45, 2.75) is 246 Å². The number of fused-ring (bicyclic) bond motifs is 2. The largest absolute Gasteiger partial charge is 0.508 e. The second kappa shape index (κ2) is 31.5. The third-order valence-corrected chi connectivity index (χ3v) is 21.6. The van der Waals surface area contributed by atoms with Crippen molar-refractivity contribution in [1.82, 2.24) is 36.4 Å². The third-order valence-electron chi connectivity index (χ3n) is 21.6. The second-order valence-corrected chi connectivity index (χ2v) is 28.5. The van der Waals surface area contributed by atoms with Crippen LogP contribution >= 0.6 is 0 Å². The Labute approximate surface area is 584 Å². The number of aromatic hydroxyl groups is 1. The highest BCUT2D eigenvalue weighted by atomic mass is 17.1. The van der Waals surface area contributed by atoms with Gasteiger partial charge in [-0.25, -0.2) is 10.1 Å². The Hall–Kier alpha value is -7.59. The number of amides is 7. The van der Waals surface area contributed by atoms with Crippen molar-refractivity contribution in [3.8, 4) is 33.8 Å². The van der Waals surface area contributed by atoms with Gasteiger partial charge in [0, 0.05) is 35.9 Å². The Morgan fingerprint density at radius 1 is 0.758 bits per heavy atom. The molecule has 0 radical (unpaired) electrons. The molecule has 4 unspecified atom stereocenters. The van der Waals surface area contributed by atoms with Crippen LogP contribution in [-0.2, 0) is 33.7 Å². The van der Waals surface area contributed by atoms with Gasteiger partial charge in [0.15, 0.2) is 6.23 Å². The Bertz CT molecular complexity index is 3800. The molecule has 25 heteroatoms. The molecule has 7 amide bonds. The molecule has 0 saturated carbocycles. The average Bonchev–Trinajstić information content (AvgIpc) is 1.50. The first kappa shape index (κ1) is 74.1. The zero-order valence-corrected chi connectivity index (χ0v) is 59.8. The van der Waals surface area contributed by atoms with Gasteiger partial charge < -0.3 is 82.0 Å². The fraction of sp³-hybridized carbons (Fsp3) is 0.581. The van der Waals surface area contributed by atoms with Crippen LogP contribution in [0.4, 0.5) is 0 Å². The smallest absolute Gasteiger partial charge is 0.252 e. The Kier molecular flexibility index (Phi) is 23.6. The van der Waals surface area contributed by atoms with Crippen LogP contribution in [0, 0.1) is 57.8 Å². The van der Waals surface area contributed by atoms with E-state index >= 15 is 33.6 Å². The molecule has 3 saturated heterocycles. The van der Waals surface area contributed by atoms with Gasteiger partial charge in [0.05, 0.1) is 34.6 Å². The molecule has 0 aliphatic carbocycles. The minimum absolute atomic E-state index is 0.00675. The number of nitrogens with zero attached hydrogens (tertiary/aromatic N) is 2. The standard InChI is InChI=1S/C74H105N7O18/c1-18-36(6)29-40(10)98-48-23-26-50(39(9)32-48)45-21-24-49(37(7)30-45)46-22-25-51(38(8)31-46)64(90)75-56-43(13)60(86)68(99-97)78-67(93)59-63(89)73(16,35(4)5)44(14)81(59)69(94)57(53(83)19-2)76-65(91)58(62(88)61(87)52-27-28-54(84)42(12)41(52)11)77-70(95)72(15)33-47(82)34-80(72)71(96)74(17,55(85)20-3)79-66(56)92/h21-28,30-32,35-36,40,43-44,47,53,55-63,68,82-89,97H,18-20,29,33-34H2,1-17H3,(H,75,90)(H,76,91)(H,77,95)(H,78,93)(H,79,92)/t36?,40?,43?,44?,47-,53-,55-,56+,57+,58+,59+,60-,61+,62+,63-,68-,72+,73+,74+/m1/s1/i22D,25D,31D. The van der Waals surface area contributed by atoms with Crippen LogP contribution < -0.4 is 31.3 Å². The molecule has 4 aromatic rings. The summed E-state index contributed by atoms with van der Waals surface area (Å²) in [5.41, 5.74) is -3.04. The Morgan fingerprint density at radius 3 is 1.99 bits per heavy atom. The highest BCUT2D eigenvalue weighted by molar-refractivity contribution is 6.03. The number of phenols is 1. The lowest BCUT2D eigenvalue weighted by Crippen LogP contribution is -2.71. The van der Waals surface area contributed by atoms with Gasteiger partial charge in [0.1, 0.15) is 65.1 Å². The molecule has 0 bridgehead atoms. The van der Waals surface area contributed by atoms with Crippen LogP contribution in [0.15, 0.2) is 66.7 Å². The first-order valence-corrected chi connectivity index (χ1v) is 34.1. The normalized spacial score (nSPS) is 29.9. The minimum atomic E-state index is -2.62. The number of carbonyl (C=O) groups is 7. The Morgan fingerprint density at radius 2 is 1.39 bits per heavy atom. The molecule has 14 N–H and O–H groups in total. The SMILES string of the molecule is [2H]c1c([2H])c(-c2ccc(-c3ccc(OC(C)CC(C)CC)cc3C)cc2C)c([2H])c(C)c1C(=O)N[C@@H]1C(=O)N[C@@](C)([C@H](O)CC)C(=O)N2C[C@H](O)C[C@@]2(C)C(=O)N[C@@H]([C@H](O)[C@@H](O)c2ccc(O)c(C)c2C)C(=O)N[C@@H]([C@H](O)CC)C(=O)N2C(C)[C@](C)(C(C)C)[C@H](O)[C@H]2C(=O)N[C@H](OO)[C@H](O)C1C. The molecule has 4 aromatic carbocycles. The van der Waals surface area contributed by atoms with Crippen molar-refractivity contribution in [2.75, 3.05) is 6.54 Å². The number of β-amino-alcohol motifs (C(OH)–C–C–N with tert-alkyl or cyclic N) is 1. The average molecular weight is 1380 g/mol. The molecule has 3 fully saturated rings. The second-order valence-electron chi connectivity index (χ2n) is 28.5. The number of aryl methyl sites for hydroxylation is 2. The van der Waals surface area contributed by atoms with Crippen molar-refractivity contribution in [2.24, 2.45) is 23.2 Å². The Balaban J connectivity index is 1.37. The predicted octanol–water partition coefficient (Wildman–Crippen LogP) is 4.97. The van der Waals surface area contributed by atoms with Gasteiger partial charge in [-0.1, -0.05) is 104 Å². The number of rotatable bonds is 18. The third kappa shape index (κ3) is 15.7. The topological polar surface area (TPSA) is 387 Å². The van der Waals surface area contributed by atoms with E-state index in [1.54, 1.807) is 33.8 Å². The van der Waals surface area contributed by atoms with Crippen LogP contribution in [0.1, 0.15) is 169 Å². The van der Waals surface area contributed by atoms with Crippen molar-refractivity contribution in [1.29, 1.82) is 0 Å². The summed E-state index contributed by atoms with van der Waals surface area (Å²) in [6.45, 7) is 26.3. The van der Waals surface area contributed by atoms with E-state index in [-0.39, 0.29) is 58.6 Å². The van der Waals surface area contributed by atoms with Crippen LogP contribution in [-0.4, -0.2) is 194 Å². The highest BCUT2D eigenvalue weighted by Crippen LogP contribution is 2.47. The van der Waals surface area contributed by atoms with Gasteiger partial charge in [-0.2, -0.15) is 0 Å². The summed E-state index contributed by atoms with van der Waals surface area (Å²) in [6.07, 6.45) is -15.7. The molecule has 19 atom stereocenters. The number of aliphatic hydroxyl groups excluding tert-OH is 7. The molecular weight excluding hydrogens is 1270 g/mol. The fourth-order valence-electron chi connectivity index (χ4n) is 14.2. The van der Waals surface area contributed by atoms with Gasteiger partial charge in [0.2, 0.25) is 29.5 Å². The molecule has 0 spiro atoms. The number of hydrogen-bond acceptors (Lipinski definition) is 18. The summed E-state index contributed by atoms with van der Waals surface area (Å²) in [5, 5.41) is 118. The number of carbonyl (C=O) groups excluding carboxylic acids is 7. The van der Waals surface area contributed by atoms with Crippen LogP contribution in [0.2, 0.25) is 0 Å². The summed E-state index contributed by atoms with van der Waals surface area (Å²) in [5.74, 6) is -10.7. The van der Waals surface area contributed by atoms with E-state index in [1.807, 2.05) is 44.2 Å². The number of hydrogen-bond donors (Lipinski definition) is 14. The molecule has 3 aliphatic rings. The molecule has 0 aromatic heterocycles. The van der Waals surface area contributed by atoms with Crippen molar-refractivity contribution < 1.29 is 93.4 Å². The van der Waals surface area contributed by atoms with Crippen molar-refractivity contribution in [3.63, 3.8) is 0 Å². The first-order valence-electron chi connectivity index (χ1n) is 35.6. The van der Waals surface area contributed by atoms with Gasteiger partial charge >= 0.3 is 0 Å². The van der Waals surface area contributed by atoms with Crippen molar-refractivity contribution >= 4 is 41.4 Å². The molecule has 3 aliphatic heterocycles. The van der Waals surface area contributed by atoms with Crippen LogP contribution in [0.3, 0.4) is 0 Å². The van der Waals surface area contributed by atoms with Gasteiger partial charge in [-0.05, 0) is 173 Å². The summed E-state index contributed by atoms with van der Waals surface area (Å²) < 4.78 is 34.6. The zero-order chi connectivity index (χ0) is 76.6. The number of ether oxygens (including phenoxy) is 1. The quantitative estimate of drug-likeness (QED) is 0.0462. The lowest BCUT2D eigenvalue weighted by atomic mass is 9.71. The van der Waals surface area contributed by atoms with E-state index in [4.69, 9.17) is 9.62 Å². The fourth-order valence-corrected chi connectivity index (χ4v) is 14.2. The predicted molar refractivity (Wildman–Crippen MR) is 369 cm³/mol. The molecule has 3 heterocycles. The first-order chi connectivity index (χ1) is 47.5. The van der Waals surface area contributed by atoms with E-state index in [2.05, 4.69) is 40.4 Å². The maximum atomic E-state index is 15.6. The van der Waals surface area contributed by atoms with Gasteiger partial charge in [-0.3, -0.25) is 33.6 Å². The number of nitrogens with one attached hydrogen (secondary N) is 5. The maximum Gasteiger partial charge on any atom is 0.252 e. The molecular formula is C74H105N7O18. The van der Waals surface area contributed by atoms with Gasteiger partial charge in [0.25, 0.3) is 11.8 Å². The summed E-state index contributed by atoms with van der Waals surface area (Å²) >= 11 is 0. The van der Waals surface area contributed by atoms with Crippen molar-refractivity contribution in [3.05, 3.63) is 106 Å². The number of aliphatic hydroxyl groups is 7. The maximum absolute atomic E-state index is 15.6. The monoisotopic (exact) mass is 1380 g/mol. The summed E-state index contributed by atoms with van der Waals surface area (Å²) in [4.78, 5) is 114. The lowest BCUT2D eigenvalue weighted by molar-refractivity contribution is -0.307.